The van der Waals surface area contributed by atoms with Gasteiger partial charge in [-0.25, -0.2) is 4.98 Å². The normalized spacial score (nSPS) is 15.8. The van der Waals surface area contributed by atoms with Crippen LogP contribution in [0.15, 0.2) is 24.3 Å². The lowest BCUT2D eigenvalue weighted by Crippen LogP contribution is -2.29. The van der Waals surface area contributed by atoms with Gasteiger partial charge in [0.15, 0.2) is 0 Å². The lowest BCUT2D eigenvalue weighted by atomic mass is 10.1. The first-order chi connectivity index (χ1) is 12.3. The van der Waals surface area contributed by atoms with Crippen molar-refractivity contribution in [1.82, 2.24) is 20.1 Å². The van der Waals surface area contributed by atoms with Gasteiger partial charge in [-0.3, -0.25) is 9.48 Å². The molecule has 0 aliphatic carbocycles. The first-order valence-corrected chi connectivity index (χ1v) is 8.30. The fourth-order valence-corrected chi connectivity index (χ4v) is 2.89. The molecular weight excluding hydrogens is 349 g/mol. The number of aromatic nitrogens is 3. The van der Waals surface area contributed by atoms with E-state index in [4.69, 9.17) is 4.74 Å². The maximum Gasteiger partial charge on any atom is 0.433 e. The van der Waals surface area contributed by atoms with Crippen LogP contribution in [0.2, 0.25) is 0 Å². The number of amides is 1. The van der Waals surface area contributed by atoms with Crippen LogP contribution in [-0.4, -0.2) is 33.9 Å². The van der Waals surface area contributed by atoms with E-state index in [1.54, 1.807) is 17.7 Å². The Morgan fingerprint density at radius 1 is 1.35 bits per heavy atom. The fraction of sp³-hybridized carbons (Fsp3) is 0.471. The van der Waals surface area contributed by atoms with Gasteiger partial charge in [-0.05, 0) is 38.0 Å². The van der Waals surface area contributed by atoms with Crippen LogP contribution in [0.1, 0.15) is 46.5 Å². The number of aryl methyl sites for hydroxylation is 1. The van der Waals surface area contributed by atoms with E-state index in [0.717, 1.165) is 18.9 Å². The quantitative estimate of drug-likeness (QED) is 0.901. The summed E-state index contributed by atoms with van der Waals surface area (Å²) in [7, 11) is 0. The third-order valence-electron chi connectivity index (χ3n) is 4.15. The van der Waals surface area contributed by atoms with Crippen LogP contribution < -0.4 is 5.32 Å². The van der Waals surface area contributed by atoms with E-state index in [2.05, 4.69) is 15.4 Å². The Hall–Kier alpha value is -2.42. The van der Waals surface area contributed by atoms with Crippen LogP contribution in [-0.2, 0) is 17.5 Å². The number of carbonyl (C=O) groups is 1. The van der Waals surface area contributed by atoms with E-state index in [9.17, 15) is 18.0 Å². The summed E-state index contributed by atoms with van der Waals surface area (Å²) in [6.45, 7) is 2.92. The van der Waals surface area contributed by atoms with Crippen molar-refractivity contribution in [2.45, 2.75) is 38.5 Å². The monoisotopic (exact) mass is 368 g/mol. The van der Waals surface area contributed by atoms with Gasteiger partial charge in [-0.2, -0.15) is 18.3 Å². The second-order valence-corrected chi connectivity index (χ2v) is 6.15. The molecule has 9 heteroatoms. The number of alkyl halides is 3. The van der Waals surface area contributed by atoms with Gasteiger partial charge in [-0.15, -0.1) is 0 Å². The number of hydrogen-bond acceptors (Lipinski definition) is 4. The third-order valence-corrected chi connectivity index (χ3v) is 4.15. The maximum atomic E-state index is 12.7. The van der Waals surface area contributed by atoms with Crippen molar-refractivity contribution in [1.29, 1.82) is 0 Å². The molecule has 1 N–H and O–H groups in total. The summed E-state index contributed by atoms with van der Waals surface area (Å²) in [6.07, 6.45) is -2.99. The van der Waals surface area contributed by atoms with Crippen molar-refractivity contribution in [3.05, 3.63) is 47.0 Å². The standard InChI is InChI=1S/C17H19F3N4O2/c1-11-9-14(24(23-11)13-5-7-26-8-6-13)16(25)21-10-12-3-2-4-15(22-12)17(18,19)20/h2-4,9,13H,5-8,10H2,1H3,(H,21,25). The Balaban J connectivity index is 1.71. The summed E-state index contributed by atoms with van der Waals surface area (Å²) in [5.74, 6) is -0.392. The summed E-state index contributed by atoms with van der Waals surface area (Å²) in [5.41, 5.74) is 0.259. The number of pyridine rings is 1. The molecule has 1 aliphatic heterocycles. The Labute approximate surface area is 148 Å². The highest BCUT2D eigenvalue weighted by Gasteiger charge is 2.32. The number of halogens is 3. The molecule has 1 fully saturated rings. The molecule has 1 aliphatic rings. The number of nitrogens with zero attached hydrogens (tertiary/aromatic N) is 3. The molecule has 6 nitrogen and oxygen atoms in total. The molecule has 1 amide bonds. The summed E-state index contributed by atoms with van der Waals surface area (Å²) in [4.78, 5) is 16.1. The van der Waals surface area contributed by atoms with Crippen LogP contribution in [0.5, 0.6) is 0 Å². The third kappa shape index (κ3) is 4.21. The minimum Gasteiger partial charge on any atom is -0.381 e. The van der Waals surface area contributed by atoms with Gasteiger partial charge in [0.2, 0.25) is 0 Å². The van der Waals surface area contributed by atoms with Crippen molar-refractivity contribution < 1.29 is 22.7 Å². The molecule has 3 heterocycles. The molecule has 2 aromatic rings. The van der Waals surface area contributed by atoms with Crippen LogP contribution in [0.3, 0.4) is 0 Å². The largest absolute Gasteiger partial charge is 0.433 e. The number of ether oxygens (including phenoxy) is 1. The second-order valence-electron chi connectivity index (χ2n) is 6.15. The lowest BCUT2D eigenvalue weighted by molar-refractivity contribution is -0.141. The molecule has 140 valence electrons. The molecular formula is C17H19F3N4O2. The summed E-state index contributed by atoms with van der Waals surface area (Å²) in [5, 5.41) is 7.02. The molecule has 1 saturated heterocycles. The predicted molar refractivity (Wildman–Crippen MR) is 86.5 cm³/mol. The maximum absolute atomic E-state index is 12.7. The van der Waals surface area contributed by atoms with Crippen molar-refractivity contribution >= 4 is 5.91 Å². The van der Waals surface area contributed by atoms with E-state index in [1.165, 1.54) is 12.1 Å². The van der Waals surface area contributed by atoms with Gasteiger partial charge in [-0.1, -0.05) is 6.07 Å². The van der Waals surface area contributed by atoms with Gasteiger partial charge in [0.25, 0.3) is 5.91 Å². The van der Waals surface area contributed by atoms with Crippen molar-refractivity contribution in [3.63, 3.8) is 0 Å². The molecule has 0 atom stereocenters. The van der Waals surface area contributed by atoms with E-state index < -0.39 is 17.8 Å². The van der Waals surface area contributed by atoms with Gasteiger partial charge >= 0.3 is 6.18 Å². The van der Waals surface area contributed by atoms with Gasteiger partial charge in [0, 0.05) is 13.2 Å². The van der Waals surface area contributed by atoms with Crippen LogP contribution in [0.4, 0.5) is 13.2 Å². The molecule has 2 aromatic heterocycles. The molecule has 3 rings (SSSR count). The van der Waals surface area contributed by atoms with Crippen LogP contribution in [0, 0.1) is 6.92 Å². The zero-order valence-corrected chi connectivity index (χ0v) is 14.2. The first kappa shape index (κ1) is 18.4. The average molecular weight is 368 g/mol. The first-order valence-electron chi connectivity index (χ1n) is 8.30. The lowest BCUT2D eigenvalue weighted by Gasteiger charge is -2.24. The number of nitrogens with one attached hydrogen (secondary N) is 1. The van der Waals surface area contributed by atoms with Crippen LogP contribution in [0.25, 0.3) is 0 Å². The Morgan fingerprint density at radius 2 is 2.08 bits per heavy atom. The summed E-state index contributed by atoms with van der Waals surface area (Å²) in [6, 6.07) is 5.36. The molecule has 0 radical (unpaired) electrons. The minimum atomic E-state index is -4.52. The van der Waals surface area contributed by atoms with E-state index >= 15 is 0 Å². The molecule has 0 saturated carbocycles. The van der Waals surface area contributed by atoms with E-state index in [-0.39, 0.29) is 18.3 Å². The van der Waals surface area contributed by atoms with E-state index in [1.807, 2.05) is 0 Å². The zero-order valence-electron chi connectivity index (χ0n) is 14.2. The summed E-state index contributed by atoms with van der Waals surface area (Å²) < 4.78 is 45.2. The van der Waals surface area contributed by atoms with Crippen molar-refractivity contribution in [2.24, 2.45) is 0 Å². The zero-order chi connectivity index (χ0) is 18.7. The summed E-state index contributed by atoms with van der Waals surface area (Å²) >= 11 is 0. The fourth-order valence-electron chi connectivity index (χ4n) is 2.89. The number of hydrogen-bond donors (Lipinski definition) is 1. The highest BCUT2D eigenvalue weighted by atomic mass is 19.4. The van der Waals surface area contributed by atoms with Gasteiger partial charge < -0.3 is 10.1 Å². The highest BCUT2D eigenvalue weighted by Crippen LogP contribution is 2.27. The number of rotatable bonds is 4. The molecule has 0 spiro atoms. The SMILES string of the molecule is Cc1cc(C(=O)NCc2cccc(C(F)(F)F)n2)n(C2CCOCC2)n1. The average Bonchev–Trinajstić information content (AvgIpc) is 3.02. The van der Waals surface area contributed by atoms with Gasteiger partial charge in [0.1, 0.15) is 11.4 Å². The van der Waals surface area contributed by atoms with Crippen molar-refractivity contribution in [3.8, 4) is 0 Å². The smallest absolute Gasteiger partial charge is 0.381 e. The topological polar surface area (TPSA) is 69.0 Å². The highest BCUT2D eigenvalue weighted by molar-refractivity contribution is 5.92. The van der Waals surface area contributed by atoms with Crippen LogP contribution >= 0.6 is 0 Å². The Morgan fingerprint density at radius 3 is 2.77 bits per heavy atom. The Bertz CT molecular complexity index is 783. The number of carbonyl (C=O) groups excluding carboxylic acids is 1. The van der Waals surface area contributed by atoms with Gasteiger partial charge in [0.05, 0.1) is 24.0 Å². The Kier molecular flexibility index (Phi) is 5.26. The molecule has 26 heavy (non-hydrogen) atoms. The minimum absolute atomic E-state index is 0.0740. The second kappa shape index (κ2) is 7.45. The van der Waals surface area contributed by atoms with Crippen molar-refractivity contribution in [2.75, 3.05) is 13.2 Å². The molecule has 0 aromatic carbocycles. The molecule has 0 bridgehead atoms. The predicted octanol–water partition coefficient (Wildman–Crippen LogP) is 2.89. The van der Waals surface area contributed by atoms with E-state index in [0.29, 0.717) is 24.6 Å². The molecule has 0 unspecified atom stereocenters.